The van der Waals surface area contributed by atoms with E-state index in [1.807, 2.05) is 6.92 Å². The van der Waals surface area contributed by atoms with Gasteiger partial charge in [-0.15, -0.1) is 23.1 Å². The molecule has 0 bridgehead atoms. The first-order valence-electron chi connectivity index (χ1n) is 7.40. The smallest absolute Gasteiger partial charge is 0.174 e. The van der Waals surface area contributed by atoms with Crippen LogP contribution in [0, 0.1) is 11.8 Å². The summed E-state index contributed by atoms with van der Waals surface area (Å²) in [6.45, 7) is 4.20. The Hall–Kier alpha value is -0.680. The highest BCUT2D eigenvalue weighted by Gasteiger charge is 2.38. The van der Waals surface area contributed by atoms with Crippen LogP contribution in [0.3, 0.4) is 0 Å². The summed E-state index contributed by atoms with van der Waals surface area (Å²) in [6, 6.07) is 0. The fourth-order valence-electron chi connectivity index (χ4n) is 3.59. The van der Waals surface area contributed by atoms with Gasteiger partial charge in [0.15, 0.2) is 5.78 Å². The third kappa shape index (κ3) is 2.25. The monoisotopic (exact) mass is 310 g/mol. The third-order valence-electron chi connectivity index (χ3n) is 4.67. The SMILES string of the molecule is CCC(=O)c1sc(N2CC3CCCC3C2)c(SC)c1N. The summed E-state index contributed by atoms with van der Waals surface area (Å²) in [7, 11) is 0. The topological polar surface area (TPSA) is 46.3 Å². The van der Waals surface area contributed by atoms with Crippen LogP contribution in [0.2, 0.25) is 0 Å². The van der Waals surface area contributed by atoms with Gasteiger partial charge in [0.2, 0.25) is 0 Å². The van der Waals surface area contributed by atoms with Gasteiger partial charge in [-0.3, -0.25) is 4.79 Å². The van der Waals surface area contributed by atoms with Crippen LogP contribution in [0.25, 0.3) is 0 Å². The molecule has 2 fully saturated rings. The van der Waals surface area contributed by atoms with E-state index in [0.717, 1.165) is 34.7 Å². The van der Waals surface area contributed by atoms with Crippen molar-refractivity contribution in [2.75, 3.05) is 30.0 Å². The number of carbonyl (C=O) groups is 1. The molecule has 1 aliphatic carbocycles. The van der Waals surface area contributed by atoms with E-state index in [4.69, 9.17) is 5.73 Å². The average Bonchev–Trinajstić information content (AvgIpc) is 3.09. The van der Waals surface area contributed by atoms with Gasteiger partial charge in [0.25, 0.3) is 0 Å². The molecule has 1 aromatic rings. The summed E-state index contributed by atoms with van der Waals surface area (Å²) in [5.41, 5.74) is 6.93. The average molecular weight is 310 g/mol. The van der Waals surface area contributed by atoms with Gasteiger partial charge in [-0.25, -0.2) is 0 Å². The van der Waals surface area contributed by atoms with E-state index in [2.05, 4.69) is 11.2 Å². The van der Waals surface area contributed by atoms with Crippen LogP contribution in [-0.4, -0.2) is 25.1 Å². The predicted molar refractivity (Wildman–Crippen MR) is 88.2 cm³/mol. The van der Waals surface area contributed by atoms with Crippen molar-refractivity contribution in [1.29, 1.82) is 0 Å². The number of nitrogens with two attached hydrogens (primary N) is 1. The van der Waals surface area contributed by atoms with Crippen LogP contribution in [0.4, 0.5) is 10.7 Å². The molecule has 3 nitrogen and oxygen atoms in total. The number of fused-ring (bicyclic) bond motifs is 1. The number of nitrogens with zero attached hydrogens (tertiary/aromatic N) is 1. The number of rotatable bonds is 4. The maximum Gasteiger partial charge on any atom is 0.174 e. The maximum absolute atomic E-state index is 12.0. The quantitative estimate of drug-likeness (QED) is 0.677. The standard InChI is InChI=1S/C15H22N2OS2/c1-3-11(18)13-12(16)14(19-2)15(20-13)17-7-9-5-4-6-10(9)8-17/h9-10H,3-8,16H2,1-2H3. The zero-order valence-corrected chi connectivity index (χ0v) is 13.8. The lowest BCUT2D eigenvalue weighted by atomic mass is 10.0. The Morgan fingerprint density at radius 1 is 1.40 bits per heavy atom. The summed E-state index contributed by atoms with van der Waals surface area (Å²) in [5.74, 6) is 1.89. The molecule has 2 unspecified atom stereocenters. The summed E-state index contributed by atoms with van der Waals surface area (Å²) >= 11 is 3.29. The fourth-order valence-corrected chi connectivity index (χ4v) is 5.80. The number of Topliss-reactive ketones (excluding diaryl/α,β-unsaturated/α-hetero) is 1. The number of carbonyl (C=O) groups excluding carboxylic acids is 1. The third-order valence-corrected chi connectivity index (χ3v) is 6.93. The van der Waals surface area contributed by atoms with Crippen LogP contribution in [0.5, 0.6) is 0 Å². The van der Waals surface area contributed by atoms with Gasteiger partial charge in [-0.05, 0) is 30.9 Å². The van der Waals surface area contributed by atoms with Gasteiger partial charge in [0.05, 0.1) is 15.5 Å². The number of thiophene rings is 1. The molecule has 0 aromatic carbocycles. The molecule has 5 heteroatoms. The Bertz CT molecular complexity index is 514. The van der Waals surface area contributed by atoms with Crippen LogP contribution in [0.15, 0.2) is 4.90 Å². The van der Waals surface area contributed by atoms with E-state index in [9.17, 15) is 4.79 Å². The molecule has 0 spiro atoms. The molecule has 0 radical (unpaired) electrons. The highest BCUT2D eigenvalue weighted by molar-refractivity contribution is 7.99. The first-order valence-corrected chi connectivity index (χ1v) is 9.44. The first-order chi connectivity index (χ1) is 9.65. The van der Waals surface area contributed by atoms with Crippen molar-refractivity contribution in [2.45, 2.75) is 37.5 Å². The number of nitrogen functional groups attached to an aromatic ring is 1. The van der Waals surface area contributed by atoms with Crippen molar-refractivity contribution in [3.05, 3.63) is 4.88 Å². The van der Waals surface area contributed by atoms with Crippen molar-refractivity contribution in [1.82, 2.24) is 0 Å². The van der Waals surface area contributed by atoms with Gasteiger partial charge in [0.1, 0.15) is 5.00 Å². The van der Waals surface area contributed by atoms with Gasteiger partial charge in [-0.1, -0.05) is 13.3 Å². The molecular weight excluding hydrogens is 288 g/mol. The maximum atomic E-state index is 12.0. The first kappa shape index (κ1) is 14.3. The van der Waals surface area contributed by atoms with E-state index >= 15 is 0 Å². The summed E-state index contributed by atoms with van der Waals surface area (Å²) < 4.78 is 0. The van der Waals surface area contributed by atoms with Gasteiger partial charge in [0, 0.05) is 19.5 Å². The van der Waals surface area contributed by atoms with Crippen molar-refractivity contribution in [3.63, 3.8) is 0 Å². The van der Waals surface area contributed by atoms with Crippen LogP contribution < -0.4 is 10.6 Å². The molecule has 20 heavy (non-hydrogen) atoms. The second kappa shape index (κ2) is 5.60. The normalized spacial score (nSPS) is 25.2. The number of thioether (sulfide) groups is 1. The Labute approximate surface area is 128 Å². The molecule has 2 aliphatic rings. The van der Waals surface area contributed by atoms with Crippen molar-refractivity contribution in [3.8, 4) is 0 Å². The number of ketones is 1. The summed E-state index contributed by atoms with van der Waals surface area (Å²) in [6.07, 6.45) is 6.72. The molecule has 3 rings (SSSR count). The van der Waals surface area contributed by atoms with Crippen molar-refractivity contribution >= 4 is 39.6 Å². The molecule has 2 heterocycles. The highest BCUT2D eigenvalue weighted by atomic mass is 32.2. The lowest BCUT2D eigenvalue weighted by molar-refractivity contribution is 0.0992. The second-order valence-electron chi connectivity index (χ2n) is 5.82. The minimum atomic E-state index is 0.174. The van der Waals surface area contributed by atoms with Crippen LogP contribution in [0.1, 0.15) is 42.3 Å². The number of hydrogen-bond donors (Lipinski definition) is 1. The Kier molecular flexibility index (Phi) is 4.00. The number of hydrogen-bond acceptors (Lipinski definition) is 5. The van der Waals surface area contributed by atoms with E-state index in [1.165, 1.54) is 24.3 Å². The molecular formula is C15H22N2OS2. The summed E-state index contributed by atoms with van der Waals surface area (Å²) in [4.78, 5) is 16.4. The van der Waals surface area contributed by atoms with Crippen molar-refractivity contribution < 1.29 is 4.79 Å². The van der Waals surface area contributed by atoms with Crippen LogP contribution in [-0.2, 0) is 0 Å². The lowest BCUT2D eigenvalue weighted by Crippen LogP contribution is -2.20. The number of anilines is 2. The molecule has 1 aromatic heterocycles. The van der Waals surface area contributed by atoms with E-state index < -0.39 is 0 Å². The zero-order chi connectivity index (χ0) is 14.3. The van der Waals surface area contributed by atoms with Crippen molar-refractivity contribution in [2.24, 2.45) is 11.8 Å². The van der Waals surface area contributed by atoms with Gasteiger partial charge < -0.3 is 10.6 Å². The minimum Gasteiger partial charge on any atom is -0.396 e. The van der Waals surface area contributed by atoms with E-state index in [0.29, 0.717) is 12.1 Å². The lowest BCUT2D eigenvalue weighted by Gasteiger charge is -2.19. The van der Waals surface area contributed by atoms with E-state index in [1.54, 1.807) is 23.1 Å². The predicted octanol–water partition coefficient (Wildman–Crippen LogP) is 3.88. The Morgan fingerprint density at radius 2 is 2.05 bits per heavy atom. The molecule has 1 saturated carbocycles. The Balaban J connectivity index is 1.91. The highest BCUT2D eigenvalue weighted by Crippen LogP contribution is 2.48. The van der Waals surface area contributed by atoms with E-state index in [-0.39, 0.29) is 5.78 Å². The zero-order valence-electron chi connectivity index (χ0n) is 12.1. The largest absolute Gasteiger partial charge is 0.396 e. The van der Waals surface area contributed by atoms with Crippen LogP contribution >= 0.6 is 23.1 Å². The molecule has 110 valence electrons. The Morgan fingerprint density at radius 3 is 2.60 bits per heavy atom. The summed E-state index contributed by atoms with van der Waals surface area (Å²) in [5, 5.41) is 1.24. The molecule has 1 saturated heterocycles. The molecule has 2 atom stereocenters. The van der Waals surface area contributed by atoms with Gasteiger partial charge >= 0.3 is 0 Å². The molecule has 1 aliphatic heterocycles. The minimum absolute atomic E-state index is 0.174. The molecule has 2 N–H and O–H groups in total. The second-order valence-corrected chi connectivity index (χ2v) is 7.63. The molecule has 0 amide bonds. The van der Waals surface area contributed by atoms with Gasteiger partial charge in [-0.2, -0.15) is 0 Å². The fraction of sp³-hybridized carbons (Fsp3) is 0.667.